The van der Waals surface area contributed by atoms with Crippen LogP contribution in [0, 0.1) is 0 Å². The Balaban J connectivity index is 1.78. The molecule has 0 bridgehead atoms. The summed E-state index contributed by atoms with van der Waals surface area (Å²) in [5.41, 5.74) is 2.23. The summed E-state index contributed by atoms with van der Waals surface area (Å²) in [5, 5.41) is 12.2. The fraction of sp³-hybridized carbons (Fsp3) is 0.333. The molecule has 2 rings (SSSR count). The third kappa shape index (κ3) is 6.10. The smallest absolute Gasteiger partial charge is 0.161 e. The summed E-state index contributed by atoms with van der Waals surface area (Å²) < 4.78 is 16.2. The lowest BCUT2D eigenvalue weighted by atomic mass is 10.2. The van der Waals surface area contributed by atoms with Gasteiger partial charge >= 0.3 is 0 Å². The van der Waals surface area contributed by atoms with E-state index in [-0.39, 0.29) is 6.61 Å². The molecule has 0 saturated carbocycles. The van der Waals surface area contributed by atoms with Gasteiger partial charge in [-0.2, -0.15) is 0 Å². The van der Waals surface area contributed by atoms with Crippen LogP contribution in [0.25, 0.3) is 6.08 Å². The lowest BCUT2D eigenvalue weighted by Gasteiger charge is -2.14. The minimum Gasteiger partial charge on any atom is -0.497 e. The number of rotatable bonds is 10. The summed E-state index contributed by atoms with van der Waals surface area (Å²) in [6.07, 6.45) is 3.40. The van der Waals surface area contributed by atoms with Crippen LogP contribution in [0.3, 0.4) is 0 Å². The lowest BCUT2D eigenvalue weighted by molar-refractivity contribution is -0.676. The van der Waals surface area contributed by atoms with Crippen molar-refractivity contribution in [2.24, 2.45) is 0 Å². The summed E-state index contributed by atoms with van der Waals surface area (Å²) in [7, 11) is 3.27. The molecule has 1 atom stereocenters. The minimum atomic E-state index is -0.562. The van der Waals surface area contributed by atoms with Gasteiger partial charge in [0.15, 0.2) is 11.5 Å². The average molecular weight is 358 g/mol. The Hall–Kier alpha value is -2.50. The third-order valence-corrected chi connectivity index (χ3v) is 3.96. The van der Waals surface area contributed by atoms with E-state index in [1.54, 1.807) is 14.2 Å². The monoisotopic (exact) mass is 358 g/mol. The van der Waals surface area contributed by atoms with E-state index in [2.05, 4.69) is 5.32 Å². The number of ether oxygens (including phenoxy) is 3. The first-order valence-electron chi connectivity index (χ1n) is 8.72. The van der Waals surface area contributed by atoms with E-state index in [9.17, 15) is 5.11 Å². The molecule has 0 aliphatic rings. The second-order valence-corrected chi connectivity index (χ2v) is 5.95. The maximum atomic E-state index is 10.1. The molecule has 0 radical (unpaired) electrons. The van der Waals surface area contributed by atoms with Crippen molar-refractivity contribution in [3.05, 3.63) is 59.7 Å². The van der Waals surface area contributed by atoms with Crippen LogP contribution in [0.15, 0.2) is 48.5 Å². The number of hydrogen-bond acceptors (Lipinski definition) is 4. The summed E-state index contributed by atoms with van der Waals surface area (Å²) in [6, 6.07) is 13.7. The van der Waals surface area contributed by atoms with Crippen molar-refractivity contribution in [1.29, 1.82) is 0 Å². The molecule has 0 spiro atoms. The zero-order valence-corrected chi connectivity index (χ0v) is 15.6. The van der Waals surface area contributed by atoms with Gasteiger partial charge in [-0.3, -0.25) is 0 Å². The molecule has 0 saturated heterocycles. The molecular weight excluding hydrogens is 330 g/mol. The molecule has 5 nitrogen and oxygen atoms in total. The van der Waals surface area contributed by atoms with Gasteiger partial charge in [-0.15, -0.1) is 0 Å². The van der Waals surface area contributed by atoms with Crippen molar-refractivity contribution >= 4 is 6.08 Å². The van der Waals surface area contributed by atoms with Crippen molar-refractivity contribution < 1.29 is 24.6 Å². The Bertz CT molecular complexity index is 698. The maximum Gasteiger partial charge on any atom is 0.161 e. The molecule has 0 heterocycles. The lowest BCUT2D eigenvalue weighted by Crippen LogP contribution is -2.85. The van der Waals surface area contributed by atoms with Crippen molar-refractivity contribution in [2.45, 2.75) is 19.6 Å². The van der Waals surface area contributed by atoms with Crippen molar-refractivity contribution in [1.82, 2.24) is 0 Å². The van der Waals surface area contributed by atoms with Gasteiger partial charge in [0.25, 0.3) is 0 Å². The normalized spacial score (nSPS) is 12.2. The second-order valence-electron chi connectivity index (χ2n) is 5.95. The summed E-state index contributed by atoms with van der Waals surface area (Å²) in [6.45, 7) is 3.54. The Labute approximate surface area is 155 Å². The molecule has 0 aliphatic heterocycles. The SMILES string of the molecule is C/C=C/c1ccc(OC[C@H](O)C[NH2+]Cc2ccc(OC)cc2)c(OC)c1. The van der Waals surface area contributed by atoms with Crippen LogP contribution in [-0.2, 0) is 6.54 Å². The highest BCUT2D eigenvalue weighted by Gasteiger charge is 2.11. The predicted molar refractivity (Wildman–Crippen MR) is 103 cm³/mol. The van der Waals surface area contributed by atoms with Crippen molar-refractivity contribution in [3.63, 3.8) is 0 Å². The first kappa shape index (κ1) is 19.8. The topological polar surface area (TPSA) is 64.5 Å². The highest BCUT2D eigenvalue weighted by atomic mass is 16.5. The molecular formula is C21H28NO4+. The number of aliphatic hydroxyl groups excluding tert-OH is 1. The van der Waals surface area contributed by atoms with Gasteiger partial charge in [0.2, 0.25) is 0 Å². The largest absolute Gasteiger partial charge is 0.497 e. The van der Waals surface area contributed by atoms with Gasteiger partial charge in [0.1, 0.15) is 31.5 Å². The first-order valence-corrected chi connectivity index (χ1v) is 8.72. The Morgan fingerprint density at radius 1 is 1.04 bits per heavy atom. The van der Waals surface area contributed by atoms with E-state index < -0.39 is 6.10 Å². The van der Waals surface area contributed by atoms with Crippen LogP contribution in [0.4, 0.5) is 0 Å². The molecule has 0 fully saturated rings. The molecule has 0 aromatic heterocycles. The fourth-order valence-corrected chi connectivity index (χ4v) is 2.56. The van der Waals surface area contributed by atoms with E-state index in [0.717, 1.165) is 17.9 Å². The highest BCUT2D eigenvalue weighted by molar-refractivity contribution is 5.55. The van der Waals surface area contributed by atoms with Gasteiger partial charge in [0, 0.05) is 5.56 Å². The quantitative estimate of drug-likeness (QED) is 0.684. The van der Waals surface area contributed by atoms with Crippen molar-refractivity contribution in [2.75, 3.05) is 27.4 Å². The Morgan fingerprint density at radius 3 is 2.46 bits per heavy atom. The van der Waals surface area contributed by atoms with Crippen LogP contribution < -0.4 is 19.5 Å². The number of allylic oxidation sites excluding steroid dienone is 1. The summed E-state index contributed by atoms with van der Waals surface area (Å²) in [5.74, 6) is 2.14. The van der Waals surface area contributed by atoms with E-state index in [1.807, 2.05) is 61.5 Å². The molecule has 0 unspecified atom stereocenters. The minimum absolute atomic E-state index is 0.221. The van der Waals surface area contributed by atoms with Gasteiger partial charge in [-0.25, -0.2) is 0 Å². The fourth-order valence-electron chi connectivity index (χ4n) is 2.56. The zero-order chi connectivity index (χ0) is 18.8. The average Bonchev–Trinajstić information content (AvgIpc) is 2.67. The van der Waals surface area contributed by atoms with E-state index >= 15 is 0 Å². The predicted octanol–water partition coefficient (Wildman–Crippen LogP) is 2.24. The van der Waals surface area contributed by atoms with Crippen molar-refractivity contribution in [3.8, 4) is 17.2 Å². The number of nitrogens with two attached hydrogens (primary N) is 1. The standard InChI is InChI=1S/C21H27NO4/c1-4-5-16-8-11-20(21(12-16)25-3)26-15-18(23)14-22-13-17-6-9-19(24-2)10-7-17/h4-12,18,22-23H,13-15H2,1-3H3/p+1/b5-4+/t18-/m1/s1. The Morgan fingerprint density at radius 2 is 1.81 bits per heavy atom. The molecule has 2 aromatic rings. The van der Waals surface area contributed by atoms with Gasteiger partial charge in [-0.1, -0.05) is 18.2 Å². The first-order chi connectivity index (χ1) is 12.7. The maximum absolute atomic E-state index is 10.1. The zero-order valence-electron chi connectivity index (χ0n) is 15.6. The number of quaternary nitrogens is 1. The molecule has 140 valence electrons. The summed E-state index contributed by atoms with van der Waals surface area (Å²) in [4.78, 5) is 0. The Kier molecular flexibility index (Phi) is 7.99. The van der Waals surface area contributed by atoms with Crippen LogP contribution in [0.1, 0.15) is 18.1 Å². The van der Waals surface area contributed by atoms with Gasteiger partial charge < -0.3 is 24.6 Å². The van der Waals surface area contributed by atoms with E-state index in [0.29, 0.717) is 18.0 Å². The highest BCUT2D eigenvalue weighted by Crippen LogP contribution is 2.28. The molecule has 3 N–H and O–H groups in total. The number of hydrogen-bond donors (Lipinski definition) is 2. The number of aliphatic hydroxyl groups is 1. The number of methoxy groups -OCH3 is 2. The molecule has 5 heteroatoms. The van der Waals surface area contributed by atoms with Gasteiger partial charge in [0.05, 0.1) is 14.2 Å². The number of benzene rings is 2. The van der Waals surface area contributed by atoms with Crippen LogP contribution in [-0.4, -0.2) is 38.6 Å². The van der Waals surface area contributed by atoms with Crippen LogP contribution >= 0.6 is 0 Å². The van der Waals surface area contributed by atoms with Crippen LogP contribution in [0.2, 0.25) is 0 Å². The molecule has 0 amide bonds. The second kappa shape index (κ2) is 10.5. The molecule has 26 heavy (non-hydrogen) atoms. The third-order valence-electron chi connectivity index (χ3n) is 3.96. The van der Waals surface area contributed by atoms with E-state index in [1.165, 1.54) is 5.56 Å². The molecule has 2 aromatic carbocycles. The molecule has 0 aliphatic carbocycles. The van der Waals surface area contributed by atoms with Gasteiger partial charge in [-0.05, 0) is 48.9 Å². The summed E-state index contributed by atoms with van der Waals surface area (Å²) >= 11 is 0. The van der Waals surface area contributed by atoms with E-state index in [4.69, 9.17) is 14.2 Å². The van der Waals surface area contributed by atoms with Crippen LogP contribution in [0.5, 0.6) is 17.2 Å².